The van der Waals surface area contributed by atoms with Crippen molar-refractivity contribution in [3.05, 3.63) is 55.0 Å². The molecule has 0 unspecified atom stereocenters. The smallest absolute Gasteiger partial charge is 0.231 e. The van der Waals surface area contributed by atoms with E-state index >= 15 is 0 Å². The van der Waals surface area contributed by atoms with Gasteiger partial charge in [-0.25, -0.2) is 4.98 Å². The van der Waals surface area contributed by atoms with Crippen LogP contribution in [0.2, 0.25) is 14.4 Å². The molecule has 118 valence electrons. The molecule has 0 bridgehead atoms. The number of benzene rings is 1. The lowest BCUT2D eigenvalue weighted by Crippen LogP contribution is -2.13. The molecule has 23 heavy (non-hydrogen) atoms. The number of thiophene rings is 1. The topological polar surface area (TPSA) is 42.0 Å². The molecular formula is C15H9Cl3N2OS2. The molecule has 0 aliphatic carbocycles. The molecule has 1 amide bonds. The van der Waals surface area contributed by atoms with E-state index in [1.807, 2.05) is 17.5 Å². The first-order valence-corrected chi connectivity index (χ1v) is 9.29. The lowest BCUT2D eigenvalue weighted by Gasteiger charge is -2.01. The second-order valence-electron chi connectivity index (χ2n) is 4.60. The van der Waals surface area contributed by atoms with Crippen molar-refractivity contribution in [1.82, 2.24) is 4.98 Å². The maximum atomic E-state index is 12.0. The average molecular weight is 404 g/mol. The van der Waals surface area contributed by atoms with E-state index in [2.05, 4.69) is 10.3 Å². The quantitative estimate of drug-likeness (QED) is 0.579. The molecule has 0 spiro atoms. The van der Waals surface area contributed by atoms with Crippen molar-refractivity contribution < 1.29 is 4.79 Å². The van der Waals surface area contributed by atoms with Crippen LogP contribution in [0.1, 0.15) is 4.88 Å². The minimum Gasteiger partial charge on any atom is -0.302 e. The highest BCUT2D eigenvalue weighted by Crippen LogP contribution is 2.30. The number of hydrogen-bond acceptors (Lipinski definition) is 4. The fourth-order valence-electron chi connectivity index (χ4n) is 1.89. The Morgan fingerprint density at radius 3 is 2.65 bits per heavy atom. The molecule has 0 atom stereocenters. The number of rotatable bonds is 4. The number of halogens is 3. The lowest BCUT2D eigenvalue weighted by molar-refractivity contribution is -0.115. The van der Waals surface area contributed by atoms with Crippen molar-refractivity contribution in [2.45, 2.75) is 6.42 Å². The van der Waals surface area contributed by atoms with Crippen molar-refractivity contribution in [2.24, 2.45) is 0 Å². The van der Waals surface area contributed by atoms with Gasteiger partial charge in [0.25, 0.3) is 0 Å². The normalized spacial score (nSPS) is 10.7. The number of carbonyl (C=O) groups excluding carboxylic acids is 1. The summed E-state index contributed by atoms with van der Waals surface area (Å²) in [4.78, 5) is 17.3. The summed E-state index contributed by atoms with van der Waals surface area (Å²) < 4.78 is 0.670. The van der Waals surface area contributed by atoms with Gasteiger partial charge in [0.05, 0.1) is 26.5 Å². The van der Waals surface area contributed by atoms with Gasteiger partial charge in [-0.1, -0.05) is 40.9 Å². The minimum absolute atomic E-state index is 0.126. The number of hydrogen-bond donors (Lipinski definition) is 1. The molecular weight excluding hydrogens is 395 g/mol. The lowest BCUT2D eigenvalue weighted by atomic mass is 10.2. The van der Waals surface area contributed by atoms with Crippen LogP contribution in [0.25, 0.3) is 11.3 Å². The minimum atomic E-state index is -0.126. The highest BCUT2D eigenvalue weighted by Gasteiger charge is 2.11. The van der Waals surface area contributed by atoms with Gasteiger partial charge in [-0.05, 0) is 24.3 Å². The van der Waals surface area contributed by atoms with Gasteiger partial charge in [0.2, 0.25) is 5.91 Å². The first-order valence-electron chi connectivity index (χ1n) is 6.46. The van der Waals surface area contributed by atoms with E-state index in [1.165, 1.54) is 22.7 Å². The number of carbonyl (C=O) groups is 1. The summed E-state index contributed by atoms with van der Waals surface area (Å²) in [5.74, 6) is -0.126. The number of anilines is 1. The Bertz CT molecular complexity index is 860. The zero-order valence-electron chi connectivity index (χ0n) is 11.5. The van der Waals surface area contributed by atoms with Gasteiger partial charge in [0, 0.05) is 15.8 Å². The predicted octanol–water partition coefficient (Wildman–Crippen LogP) is 6.01. The van der Waals surface area contributed by atoms with Crippen molar-refractivity contribution in [3.8, 4) is 11.3 Å². The van der Waals surface area contributed by atoms with Crippen LogP contribution in [0.15, 0.2) is 35.7 Å². The molecule has 0 fully saturated rings. The summed E-state index contributed by atoms with van der Waals surface area (Å²) in [6, 6.07) is 8.92. The van der Waals surface area contributed by atoms with Gasteiger partial charge in [0.15, 0.2) is 5.13 Å². The van der Waals surface area contributed by atoms with Crippen molar-refractivity contribution in [3.63, 3.8) is 0 Å². The van der Waals surface area contributed by atoms with Crippen LogP contribution < -0.4 is 5.32 Å². The summed E-state index contributed by atoms with van der Waals surface area (Å²) in [6.07, 6.45) is 0.277. The average Bonchev–Trinajstić information content (AvgIpc) is 3.11. The van der Waals surface area contributed by atoms with Crippen molar-refractivity contribution in [2.75, 3.05) is 5.32 Å². The number of nitrogens with one attached hydrogen (secondary N) is 1. The zero-order chi connectivity index (χ0) is 16.4. The van der Waals surface area contributed by atoms with Crippen LogP contribution in [0.3, 0.4) is 0 Å². The van der Waals surface area contributed by atoms with Gasteiger partial charge < -0.3 is 5.32 Å². The third kappa shape index (κ3) is 4.25. The Morgan fingerprint density at radius 1 is 1.13 bits per heavy atom. The number of aromatic nitrogens is 1. The van der Waals surface area contributed by atoms with E-state index in [1.54, 1.807) is 18.2 Å². The van der Waals surface area contributed by atoms with Crippen LogP contribution in [0.5, 0.6) is 0 Å². The second kappa shape index (κ2) is 7.20. The highest BCUT2D eigenvalue weighted by molar-refractivity contribution is 7.16. The number of thiazole rings is 1. The van der Waals surface area contributed by atoms with Crippen LogP contribution >= 0.6 is 57.5 Å². The number of amides is 1. The van der Waals surface area contributed by atoms with Crippen molar-refractivity contribution >= 4 is 68.5 Å². The fraction of sp³-hybridized carbons (Fsp3) is 0.0667. The Hall–Kier alpha value is -1.11. The molecule has 0 aliphatic heterocycles. The molecule has 0 saturated carbocycles. The van der Waals surface area contributed by atoms with E-state index < -0.39 is 0 Å². The molecule has 3 aromatic rings. The first-order chi connectivity index (χ1) is 11.0. The third-order valence-corrected chi connectivity index (χ3v) is 5.66. The molecule has 1 aromatic carbocycles. The summed E-state index contributed by atoms with van der Waals surface area (Å²) in [5.41, 5.74) is 1.59. The third-order valence-electron chi connectivity index (χ3n) is 2.93. The summed E-state index contributed by atoms with van der Waals surface area (Å²) in [6.45, 7) is 0. The Balaban J connectivity index is 1.69. The standard InChI is InChI=1S/C15H9Cl3N2OS2/c16-10-3-1-8(5-11(10)17)12-7-22-15(19-12)20-14(21)6-9-2-4-13(18)23-9/h1-5,7H,6H2,(H,19,20,21). The fourth-order valence-corrected chi connectivity index (χ4v) is 4.01. The highest BCUT2D eigenvalue weighted by atomic mass is 35.5. The molecule has 3 nitrogen and oxygen atoms in total. The van der Waals surface area contributed by atoms with Crippen molar-refractivity contribution in [1.29, 1.82) is 0 Å². The van der Waals surface area contributed by atoms with E-state index in [9.17, 15) is 4.79 Å². The van der Waals surface area contributed by atoms with Gasteiger partial charge in [0.1, 0.15) is 0 Å². The van der Waals surface area contributed by atoms with Crippen LogP contribution in [-0.4, -0.2) is 10.9 Å². The van der Waals surface area contributed by atoms with Gasteiger partial charge >= 0.3 is 0 Å². The molecule has 2 aromatic heterocycles. The molecule has 0 aliphatic rings. The summed E-state index contributed by atoms with van der Waals surface area (Å²) >= 11 is 20.5. The SMILES string of the molecule is O=C(Cc1ccc(Cl)s1)Nc1nc(-c2ccc(Cl)c(Cl)c2)cs1. The van der Waals surface area contributed by atoms with E-state index in [4.69, 9.17) is 34.8 Å². The molecule has 1 N–H and O–H groups in total. The predicted molar refractivity (Wildman–Crippen MR) is 99.2 cm³/mol. The molecule has 3 rings (SSSR count). The van der Waals surface area contributed by atoms with Gasteiger partial charge in [-0.15, -0.1) is 22.7 Å². The van der Waals surface area contributed by atoms with Crippen LogP contribution in [0.4, 0.5) is 5.13 Å². The van der Waals surface area contributed by atoms with E-state index in [0.29, 0.717) is 19.5 Å². The van der Waals surface area contributed by atoms with Crippen LogP contribution in [0, 0.1) is 0 Å². The Morgan fingerprint density at radius 2 is 1.96 bits per heavy atom. The molecule has 0 saturated heterocycles. The molecule has 2 heterocycles. The summed E-state index contributed by atoms with van der Waals surface area (Å²) in [7, 11) is 0. The maximum Gasteiger partial charge on any atom is 0.231 e. The number of nitrogens with zero attached hydrogens (tertiary/aromatic N) is 1. The van der Waals surface area contributed by atoms with Gasteiger partial charge in [-0.3, -0.25) is 4.79 Å². The molecule has 8 heteroatoms. The maximum absolute atomic E-state index is 12.0. The van der Waals surface area contributed by atoms with Crippen LogP contribution in [-0.2, 0) is 11.2 Å². The second-order valence-corrected chi connectivity index (χ2v) is 8.07. The zero-order valence-corrected chi connectivity index (χ0v) is 15.4. The monoisotopic (exact) mass is 402 g/mol. The van der Waals surface area contributed by atoms with E-state index in [-0.39, 0.29) is 12.3 Å². The molecule has 0 radical (unpaired) electrons. The van der Waals surface area contributed by atoms with Gasteiger partial charge in [-0.2, -0.15) is 0 Å². The van der Waals surface area contributed by atoms with E-state index in [0.717, 1.165) is 16.1 Å². The Labute approximate surface area is 155 Å². The largest absolute Gasteiger partial charge is 0.302 e. The Kier molecular flexibility index (Phi) is 5.24. The first kappa shape index (κ1) is 16.7. The summed E-state index contributed by atoms with van der Waals surface area (Å²) in [5, 5.41) is 6.15.